The van der Waals surface area contributed by atoms with Crippen LogP contribution in [-0.2, 0) is 13.2 Å². The fraction of sp³-hybridized carbons (Fsp3) is 0.333. The molecule has 3 rings (SSSR count). The number of aromatic nitrogens is 2. The highest BCUT2D eigenvalue weighted by Crippen LogP contribution is 2.21. The van der Waals surface area contributed by atoms with Gasteiger partial charge in [-0.15, -0.1) is 0 Å². The summed E-state index contributed by atoms with van der Waals surface area (Å²) in [4.78, 5) is 12.2. The molecule has 0 radical (unpaired) electrons. The van der Waals surface area contributed by atoms with Crippen molar-refractivity contribution in [2.75, 3.05) is 6.54 Å². The highest BCUT2D eigenvalue weighted by Gasteiger charge is 2.11. The third-order valence-electron chi connectivity index (χ3n) is 4.22. The third-order valence-corrected chi connectivity index (χ3v) is 4.22. The van der Waals surface area contributed by atoms with Gasteiger partial charge < -0.3 is 14.5 Å². The summed E-state index contributed by atoms with van der Waals surface area (Å²) >= 11 is 0. The van der Waals surface area contributed by atoms with Gasteiger partial charge in [-0.3, -0.25) is 9.48 Å². The Balaban J connectivity index is 1.45. The van der Waals surface area contributed by atoms with Crippen molar-refractivity contribution in [1.82, 2.24) is 15.1 Å². The van der Waals surface area contributed by atoms with E-state index in [2.05, 4.69) is 10.4 Å². The van der Waals surface area contributed by atoms with Crippen LogP contribution in [0.25, 0.3) is 0 Å². The van der Waals surface area contributed by atoms with Crippen molar-refractivity contribution < 1.29 is 13.9 Å². The number of hydrogen-bond acceptors (Lipinski definition) is 4. The minimum atomic E-state index is -0.218. The molecule has 0 saturated heterocycles. The molecule has 0 spiro atoms. The molecule has 0 aliphatic rings. The lowest BCUT2D eigenvalue weighted by atomic mass is 10.1. The minimum absolute atomic E-state index is 0.218. The summed E-state index contributed by atoms with van der Waals surface area (Å²) in [5.41, 5.74) is 3.20. The van der Waals surface area contributed by atoms with Gasteiger partial charge in [0.1, 0.15) is 18.1 Å². The number of ether oxygens (including phenoxy) is 1. The quantitative estimate of drug-likeness (QED) is 0.615. The molecular formula is C21H25N3O3. The summed E-state index contributed by atoms with van der Waals surface area (Å²) in [5.74, 6) is 1.52. The van der Waals surface area contributed by atoms with Crippen molar-refractivity contribution in [3.8, 4) is 5.75 Å². The molecule has 0 bridgehead atoms. The molecule has 6 nitrogen and oxygen atoms in total. The lowest BCUT2D eigenvalue weighted by Gasteiger charge is -2.08. The number of rotatable bonds is 8. The molecule has 0 atom stereocenters. The van der Waals surface area contributed by atoms with Gasteiger partial charge in [0.15, 0.2) is 5.76 Å². The van der Waals surface area contributed by atoms with Crippen LogP contribution in [0.5, 0.6) is 5.75 Å². The van der Waals surface area contributed by atoms with E-state index >= 15 is 0 Å². The normalized spacial score (nSPS) is 10.8. The Morgan fingerprint density at radius 1 is 1.19 bits per heavy atom. The van der Waals surface area contributed by atoms with Crippen molar-refractivity contribution in [3.05, 3.63) is 70.9 Å². The molecule has 1 aromatic carbocycles. The van der Waals surface area contributed by atoms with Crippen LogP contribution >= 0.6 is 0 Å². The molecule has 3 aromatic rings. The highest BCUT2D eigenvalue weighted by atomic mass is 16.5. The van der Waals surface area contributed by atoms with Gasteiger partial charge in [0.05, 0.1) is 5.69 Å². The maximum absolute atomic E-state index is 12.2. The van der Waals surface area contributed by atoms with Crippen molar-refractivity contribution in [2.24, 2.45) is 0 Å². The first-order chi connectivity index (χ1) is 13.0. The molecule has 1 N–H and O–H groups in total. The Kier molecular flexibility index (Phi) is 5.96. The topological polar surface area (TPSA) is 69.3 Å². The van der Waals surface area contributed by atoms with Gasteiger partial charge in [-0.1, -0.05) is 12.1 Å². The number of nitrogens with zero attached hydrogens (tertiary/aromatic N) is 2. The number of amides is 1. The van der Waals surface area contributed by atoms with Crippen molar-refractivity contribution in [2.45, 2.75) is 40.3 Å². The number of hydrogen-bond donors (Lipinski definition) is 1. The molecule has 6 heteroatoms. The van der Waals surface area contributed by atoms with Gasteiger partial charge in [-0.2, -0.15) is 5.10 Å². The van der Waals surface area contributed by atoms with E-state index in [1.165, 1.54) is 0 Å². The Bertz CT molecular complexity index is 911. The van der Waals surface area contributed by atoms with Gasteiger partial charge in [-0.25, -0.2) is 0 Å². The lowest BCUT2D eigenvalue weighted by molar-refractivity contribution is 0.0920. The van der Waals surface area contributed by atoms with Gasteiger partial charge >= 0.3 is 0 Å². The first kappa shape index (κ1) is 18.8. The maximum Gasteiger partial charge on any atom is 0.286 e. The van der Waals surface area contributed by atoms with Crippen LogP contribution in [0.1, 0.15) is 39.6 Å². The molecule has 142 valence electrons. The van der Waals surface area contributed by atoms with E-state index in [0.717, 1.165) is 35.5 Å². The second-order valence-electron chi connectivity index (χ2n) is 6.65. The number of carbonyl (C=O) groups is 1. The first-order valence-electron chi connectivity index (χ1n) is 9.08. The molecule has 27 heavy (non-hydrogen) atoms. The van der Waals surface area contributed by atoms with E-state index in [0.29, 0.717) is 18.1 Å². The summed E-state index contributed by atoms with van der Waals surface area (Å²) in [7, 11) is 0. The van der Waals surface area contributed by atoms with E-state index in [9.17, 15) is 4.79 Å². The molecule has 0 aliphatic carbocycles. The van der Waals surface area contributed by atoms with Crippen LogP contribution in [-0.4, -0.2) is 22.2 Å². The second kappa shape index (κ2) is 8.58. The van der Waals surface area contributed by atoms with Crippen LogP contribution in [0.4, 0.5) is 0 Å². The molecule has 0 aliphatic heterocycles. The maximum atomic E-state index is 12.2. The fourth-order valence-electron chi connectivity index (χ4n) is 2.71. The Morgan fingerprint density at radius 3 is 2.81 bits per heavy atom. The average molecular weight is 367 g/mol. The van der Waals surface area contributed by atoms with Gasteiger partial charge in [0.25, 0.3) is 5.91 Å². The zero-order valence-electron chi connectivity index (χ0n) is 16.0. The number of benzene rings is 1. The molecule has 0 fully saturated rings. The molecule has 1 amide bonds. The van der Waals surface area contributed by atoms with E-state index in [-0.39, 0.29) is 12.5 Å². The summed E-state index contributed by atoms with van der Waals surface area (Å²) in [6, 6.07) is 11.5. The summed E-state index contributed by atoms with van der Waals surface area (Å²) < 4.78 is 13.3. The van der Waals surface area contributed by atoms with Crippen molar-refractivity contribution in [1.29, 1.82) is 0 Å². The fourth-order valence-corrected chi connectivity index (χ4v) is 2.71. The molecule has 2 aromatic heterocycles. The first-order valence-corrected chi connectivity index (χ1v) is 9.08. The van der Waals surface area contributed by atoms with Crippen LogP contribution in [0, 0.1) is 20.8 Å². The summed E-state index contributed by atoms with van der Waals surface area (Å²) in [6.07, 6.45) is 2.74. The largest absolute Gasteiger partial charge is 0.485 e. The SMILES string of the molecule is Cc1ccc(C)c(OCc2ccc(C(=O)NCCCn3ccc(C)n3)o2)c1. The summed E-state index contributed by atoms with van der Waals surface area (Å²) in [5, 5.41) is 7.18. The predicted molar refractivity (Wildman–Crippen MR) is 103 cm³/mol. The van der Waals surface area contributed by atoms with E-state index in [4.69, 9.17) is 9.15 Å². The second-order valence-corrected chi connectivity index (χ2v) is 6.65. The van der Waals surface area contributed by atoms with Crippen molar-refractivity contribution in [3.63, 3.8) is 0 Å². The van der Waals surface area contributed by atoms with Crippen LogP contribution < -0.4 is 10.1 Å². The van der Waals surface area contributed by atoms with Crippen LogP contribution in [0.2, 0.25) is 0 Å². The Labute approximate surface area is 159 Å². The van der Waals surface area contributed by atoms with Gasteiger partial charge in [0, 0.05) is 19.3 Å². The van der Waals surface area contributed by atoms with Crippen molar-refractivity contribution >= 4 is 5.91 Å². The molecular weight excluding hydrogens is 342 g/mol. The van der Waals surface area contributed by atoms with Crippen LogP contribution in [0.15, 0.2) is 47.0 Å². The molecule has 0 saturated carbocycles. The number of nitrogens with one attached hydrogen (secondary N) is 1. The number of carbonyl (C=O) groups excluding carboxylic acids is 1. The third kappa shape index (κ3) is 5.23. The van der Waals surface area contributed by atoms with E-state index in [1.807, 2.05) is 55.9 Å². The lowest BCUT2D eigenvalue weighted by Crippen LogP contribution is -2.24. The Morgan fingerprint density at radius 2 is 2.04 bits per heavy atom. The van der Waals surface area contributed by atoms with E-state index < -0.39 is 0 Å². The van der Waals surface area contributed by atoms with Crippen LogP contribution in [0.3, 0.4) is 0 Å². The summed E-state index contributed by atoms with van der Waals surface area (Å²) in [6.45, 7) is 7.59. The molecule has 2 heterocycles. The van der Waals surface area contributed by atoms with Gasteiger partial charge in [-0.05, 0) is 62.6 Å². The predicted octanol–water partition coefficient (Wildman–Crippen LogP) is 3.80. The van der Waals surface area contributed by atoms with Gasteiger partial charge in [0.2, 0.25) is 0 Å². The Hall–Kier alpha value is -3.02. The smallest absolute Gasteiger partial charge is 0.286 e. The average Bonchev–Trinajstić information content (AvgIpc) is 3.28. The highest BCUT2D eigenvalue weighted by molar-refractivity contribution is 5.91. The standard InChI is InChI=1S/C21H25N3O3/c1-15-5-6-16(2)20(13-15)26-14-18-7-8-19(27-18)21(25)22-10-4-11-24-12-9-17(3)23-24/h5-9,12-13H,4,10-11,14H2,1-3H3,(H,22,25). The zero-order chi connectivity index (χ0) is 19.2. The number of aryl methyl sites for hydroxylation is 4. The minimum Gasteiger partial charge on any atom is -0.485 e. The molecule has 0 unspecified atom stereocenters. The number of furan rings is 1. The zero-order valence-corrected chi connectivity index (χ0v) is 16.0. The monoisotopic (exact) mass is 367 g/mol. The van der Waals surface area contributed by atoms with E-state index in [1.54, 1.807) is 12.1 Å².